The molecule has 2 aromatic carbocycles. The lowest BCUT2D eigenvalue weighted by molar-refractivity contribution is 0.0945. The van der Waals surface area contributed by atoms with Crippen LogP contribution in [0.2, 0.25) is 0 Å². The molecule has 0 unspecified atom stereocenters. The van der Waals surface area contributed by atoms with Gasteiger partial charge in [-0.2, -0.15) is 5.26 Å². The van der Waals surface area contributed by atoms with Crippen LogP contribution in [0, 0.1) is 11.3 Å². The summed E-state index contributed by atoms with van der Waals surface area (Å²) in [6.07, 6.45) is 1.31. The molecule has 3 aromatic rings. The van der Waals surface area contributed by atoms with Crippen molar-refractivity contribution in [1.82, 2.24) is 15.3 Å². The second-order valence-corrected chi connectivity index (χ2v) is 5.98. The Bertz CT molecular complexity index is 1080. The lowest BCUT2D eigenvalue weighted by atomic mass is 10.2. The van der Waals surface area contributed by atoms with Crippen molar-refractivity contribution in [2.24, 2.45) is 0 Å². The van der Waals surface area contributed by atoms with Crippen LogP contribution in [-0.2, 0) is 6.54 Å². The highest BCUT2D eigenvalue weighted by Crippen LogP contribution is 2.32. The molecule has 28 heavy (non-hydrogen) atoms. The molecule has 0 spiro atoms. The van der Waals surface area contributed by atoms with Gasteiger partial charge in [0.25, 0.3) is 5.91 Å². The van der Waals surface area contributed by atoms with Gasteiger partial charge >= 0.3 is 0 Å². The van der Waals surface area contributed by atoms with E-state index in [1.165, 1.54) is 6.33 Å². The fourth-order valence-corrected chi connectivity index (χ4v) is 2.69. The maximum Gasteiger partial charge on any atom is 0.270 e. The number of ether oxygens (including phenoxy) is 2. The summed E-state index contributed by atoms with van der Waals surface area (Å²) in [7, 11) is 0. The summed E-state index contributed by atoms with van der Waals surface area (Å²) in [6.45, 7) is 0.533. The van der Waals surface area contributed by atoms with Crippen LogP contribution in [0.25, 0.3) is 0 Å². The molecule has 4 rings (SSSR count). The van der Waals surface area contributed by atoms with Crippen molar-refractivity contribution < 1.29 is 14.3 Å². The molecular weight excluding hydrogens is 358 g/mol. The van der Waals surface area contributed by atoms with Gasteiger partial charge < -0.3 is 20.1 Å². The summed E-state index contributed by atoms with van der Waals surface area (Å²) in [5, 5.41) is 14.9. The Hall–Kier alpha value is -4.12. The van der Waals surface area contributed by atoms with Crippen LogP contribution in [-0.4, -0.2) is 22.7 Å². The molecule has 0 bridgehead atoms. The van der Waals surface area contributed by atoms with E-state index in [0.29, 0.717) is 35.1 Å². The van der Waals surface area contributed by atoms with E-state index in [9.17, 15) is 4.79 Å². The maximum absolute atomic E-state index is 12.4. The van der Waals surface area contributed by atoms with Gasteiger partial charge in [-0.1, -0.05) is 12.1 Å². The number of rotatable bonds is 5. The van der Waals surface area contributed by atoms with Crippen LogP contribution < -0.4 is 20.1 Å². The monoisotopic (exact) mass is 373 g/mol. The summed E-state index contributed by atoms with van der Waals surface area (Å²) < 4.78 is 10.6. The SMILES string of the molecule is N#Cc1cccc(Nc2cc(C(=O)NCc3ccc4c(c3)OCO4)ncn2)c1. The molecular formula is C20H15N5O3. The number of carbonyl (C=O) groups excluding carboxylic acids is 1. The first-order chi connectivity index (χ1) is 13.7. The van der Waals surface area contributed by atoms with Gasteiger partial charge in [-0.3, -0.25) is 4.79 Å². The quantitative estimate of drug-likeness (QED) is 0.708. The molecule has 1 aliphatic rings. The Kier molecular flexibility index (Phi) is 4.72. The third-order valence-corrected chi connectivity index (χ3v) is 4.05. The van der Waals surface area contributed by atoms with Crippen LogP contribution in [0.3, 0.4) is 0 Å². The highest BCUT2D eigenvalue weighted by atomic mass is 16.7. The summed E-state index contributed by atoms with van der Waals surface area (Å²) >= 11 is 0. The van der Waals surface area contributed by atoms with Crippen molar-refractivity contribution in [2.75, 3.05) is 12.1 Å². The molecule has 0 atom stereocenters. The van der Waals surface area contributed by atoms with Crippen LogP contribution >= 0.6 is 0 Å². The molecule has 2 N–H and O–H groups in total. The molecule has 2 heterocycles. The van der Waals surface area contributed by atoms with E-state index < -0.39 is 0 Å². The lowest BCUT2D eigenvalue weighted by Gasteiger charge is -2.08. The van der Waals surface area contributed by atoms with E-state index in [1.54, 1.807) is 24.3 Å². The number of amides is 1. The average Bonchev–Trinajstić information content (AvgIpc) is 3.20. The Balaban J connectivity index is 1.42. The van der Waals surface area contributed by atoms with Crippen molar-refractivity contribution in [3.8, 4) is 17.6 Å². The van der Waals surface area contributed by atoms with Gasteiger partial charge in [-0.15, -0.1) is 0 Å². The van der Waals surface area contributed by atoms with Crippen LogP contribution in [0.5, 0.6) is 11.5 Å². The highest BCUT2D eigenvalue weighted by molar-refractivity contribution is 5.92. The fourth-order valence-electron chi connectivity index (χ4n) is 2.69. The number of nitrogens with one attached hydrogen (secondary N) is 2. The molecule has 1 amide bonds. The summed E-state index contributed by atoms with van der Waals surface area (Å²) in [4.78, 5) is 20.6. The molecule has 0 fully saturated rings. The molecule has 0 saturated carbocycles. The van der Waals surface area contributed by atoms with Gasteiger partial charge in [0.1, 0.15) is 17.8 Å². The van der Waals surface area contributed by atoms with Crippen molar-refractivity contribution in [3.05, 3.63) is 71.7 Å². The number of hydrogen-bond donors (Lipinski definition) is 2. The first-order valence-electron chi connectivity index (χ1n) is 8.47. The van der Waals surface area contributed by atoms with Gasteiger partial charge in [0.05, 0.1) is 11.6 Å². The molecule has 8 nitrogen and oxygen atoms in total. The third kappa shape index (κ3) is 3.83. The molecule has 138 valence electrons. The number of nitriles is 1. The molecule has 8 heteroatoms. The van der Waals surface area contributed by atoms with Crippen molar-refractivity contribution >= 4 is 17.4 Å². The summed E-state index contributed by atoms with van der Waals surface area (Å²) in [5.74, 6) is 1.49. The topological polar surface area (TPSA) is 109 Å². The second-order valence-electron chi connectivity index (χ2n) is 5.98. The van der Waals surface area contributed by atoms with Gasteiger partial charge in [-0.25, -0.2) is 9.97 Å². The number of hydrogen-bond acceptors (Lipinski definition) is 7. The zero-order valence-electron chi connectivity index (χ0n) is 14.7. The number of nitrogens with zero attached hydrogens (tertiary/aromatic N) is 3. The number of carbonyl (C=O) groups is 1. The van der Waals surface area contributed by atoms with Crippen LogP contribution in [0.4, 0.5) is 11.5 Å². The highest BCUT2D eigenvalue weighted by Gasteiger charge is 2.14. The minimum absolute atomic E-state index is 0.207. The minimum atomic E-state index is -0.325. The van der Waals surface area contributed by atoms with E-state index in [2.05, 4.69) is 26.7 Å². The zero-order valence-corrected chi connectivity index (χ0v) is 14.7. The average molecular weight is 373 g/mol. The zero-order chi connectivity index (χ0) is 19.3. The lowest BCUT2D eigenvalue weighted by Crippen LogP contribution is -2.24. The largest absolute Gasteiger partial charge is 0.454 e. The van der Waals surface area contributed by atoms with E-state index in [0.717, 1.165) is 5.56 Å². The predicted octanol–water partition coefficient (Wildman–Crippen LogP) is 2.75. The van der Waals surface area contributed by atoms with Crippen molar-refractivity contribution in [3.63, 3.8) is 0 Å². The first kappa shape index (κ1) is 17.3. The predicted molar refractivity (Wildman–Crippen MR) is 100 cm³/mol. The smallest absolute Gasteiger partial charge is 0.270 e. The number of fused-ring (bicyclic) bond motifs is 1. The Labute approximate surface area is 160 Å². The first-order valence-corrected chi connectivity index (χ1v) is 8.47. The molecule has 1 aromatic heterocycles. The number of aromatic nitrogens is 2. The summed E-state index contributed by atoms with van der Waals surface area (Å²) in [5.41, 5.74) is 2.35. The molecule has 0 radical (unpaired) electrons. The fraction of sp³-hybridized carbons (Fsp3) is 0.100. The van der Waals surface area contributed by atoms with E-state index in [-0.39, 0.29) is 18.4 Å². The van der Waals surface area contributed by atoms with Crippen molar-refractivity contribution in [1.29, 1.82) is 5.26 Å². The molecule has 0 saturated heterocycles. The molecule has 0 aliphatic carbocycles. The number of benzene rings is 2. The maximum atomic E-state index is 12.4. The van der Waals surface area contributed by atoms with Gasteiger partial charge in [0, 0.05) is 18.3 Å². The normalized spacial score (nSPS) is 11.5. The third-order valence-electron chi connectivity index (χ3n) is 4.05. The van der Waals surface area contributed by atoms with E-state index in [1.807, 2.05) is 24.3 Å². The van der Waals surface area contributed by atoms with Gasteiger partial charge in [0.2, 0.25) is 6.79 Å². The standard InChI is InChI=1S/C20H15N5O3/c21-9-13-2-1-3-15(6-13)25-19-8-16(23-11-24-19)20(26)22-10-14-4-5-17-18(7-14)28-12-27-17/h1-8,11H,10,12H2,(H,22,26)(H,23,24,25). The minimum Gasteiger partial charge on any atom is -0.454 e. The Morgan fingerprint density at radius 1 is 1.11 bits per heavy atom. The molecule has 1 aliphatic heterocycles. The van der Waals surface area contributed by atoms with Crippen LogP contribution in [0.15, 0.2) is 54.9 Å². The van der Waals surface area contributed by atoms with Gasteiger partial charge in [0.15, 0.2) is 11.5 Å². The van der Waals surface area contributed by atoms with E-state index >= 15 is 0 Å². The summed E-state index contributed by atoms with van der Waals surface area (Å²) in [6, 6.07) is 16.1. The second kappa shape index (κ2) is 7.63. The van der Waals surface area contributed by atoms with E-state index in [4.69, 9.17) is 14.7 Å². The van der Waals surface area contributed by atoms with Gasteiger partial charge in [-0.05, 0) is 35.9 Å². The Morgan fingerprint density at radius 2 is 2.00 bits per heavy atom. The number of anilines is 2. The van der Waals surface area contributed by atoms with Crippen molar-refractivity contribution in [2.45, 2.75) is 6.54 Å². The van der Waals surface area contributed by atoms with Crippen LogP contribution in [0.1, 0.15) is 21.6 Å². The Morgan fingerprint density at radius 3 is 2.89 bits per heavy atom.